The van der Waals surface area contributed by atoms with Gasteiger partial charge in [0.25, 0.3) is 0 Å². The quantitative estimate of drug-likeness (QED) is 0.308. The first-order valence-corrected chi connectivity index (χ1v) is 10.8. The molecule has 0 saturated carbocycles. The van der Waals surface area contributed by atoms with E-state index < -0.39 is 0 Å². The molecule has 1 fully saturated rings. The summed E-state index contributed by atoms with van der Waals surface area (Å²) in [5.41, 5.74) is 2.32. The zero-order valence-electron chi connectivity index (χ0n) is 18.0. The fourth-order valence-corrected chi connectivity index (χ4v) is 3.67. The van der Waals surface area contributed by atoms with Crippen molar-refractivity contribution in [2.75, 3.05) is 51.8 Å². The van der Waals surface area contributed by atoms with Crippen LogP contribution in [0.5, 0.6) is 0 Å². The van der Waals surface area contributed by atoms with Crippen molar-refractivity contribution in [3.8, 4) is 0 Å². The van der Waals surface area contributed by atoms with Gasteiger partial charge in [-0.3, -0.25) is 4.90 Å². The second-order valence-electron chi connectivity index (χ2n) is 7.33. The summed E-state index contributed by atoms with van der Waals surface area (Å²) in [4.78, 5) is 7.38. The zero-order chi connectivity index (χ0) is 20.0. The van der Waals surface area contributed by atoms with Crippen molar-refractivity contribution in [1.29, 1.82) is 0 Å². The molecule has 0 radical (unpaired) electrons. The number of methoxy groups -OCH3 is 1. The summed E-state index contributed by atoms with van der Waals surface area (Å²) in [7, 11) is 1.72. The second-order valence-corrected chi connectivity index (χ2v) is 7.33. The summed E-state index contributed by atoms with van der Waals surface area (Å²) < 4.78 is 5.06. The van der Waals surface area contributed by atoms with Crippen molar-refractivity contribution in [3.63, 3.8) is 0 Å². The number of aliphatic imine (C=N–C) groups is 1. The van der Waals surface area contributed by atoms with Crippen LogP contribution < -0.4 is 16.0 Å². The van der Waals surface area contributed by atoms with Gasteiger partial charge in [0, 0.05) is 45.0 Å². The van der Waals surface area contributed by atoms with Crippen LogP contribution in [0.3, 0.4) is 0 Å². The molecule has 1 aliphatic rings. The fraction of sp³-hybridized carbons (Fsp3) is 0.682. The maximum absolute atomic E-state index is 5.06. The molecule has 28 heavy (non-hydrogen) atoms. The van der Waals surface area contributed by atoms with E-state index in [2.05, 4.69) is 59.0 Å². The minimum absolute atomic E-state index is 0.676. The molecule has 1 unspecified atom stereocenters. The largest absolute Gasteiger partial charge is 0.383 e. The van der Waals surface area contributed by atoms with E-state index in [1.165, 1.54) is 37.8 Å². The average Bonchev–Trinajstić information content (AvgIpc) is 2.73. The van der Waals surface area contributed by atoms with Gasteiger partial charge in [-0.25, -0.2) is 4.99 Å². The molecule has 6 nitrogen and oxygen atoms in total. The highest BCUT2D eigenvalue weighted by Crippen LogP contribution is 2.18. The molecule has 0 bridgehead atoms. The van der Waals surface area contributed by atoms with Crippen molar-refractivity contribution in [2.45, 2.75) is 52.1 Å². The summed E-state index contributed by atoms with van der Waals surface area (Å²) in [6.45, 7) is 10.7. The van der Waals surface area contributed by atoms with Gasteiger partial charge in [-0.2, -0.15) is 0 Å². The maximum atomic E-state index is 5.06. The van der Waals surface area contributed by atoms with Crippen LogP contribution in [0.15, 0.2) is 29.3 Å². The SMILES string of the molecule is CCNC(=NCc1ccc(NCCOC)cc1)NCCN1CCCCC1CC. The number of hydrogen-bond acceptors (Lipinski definition) is 4. The third kappa shape index (κ3) is 8.07. The van der Waals surface area contributed by atoms with Gasteiger partial charge in [-0.15, -0.1) is 0 Å². The Hall–Kier alpha value is -1.79. The molecule has 1 aromatic rings. The molecule has 0 aliphatic carbocycles. The number of likely N-dealkylation sites (tertiary alicyclic amines) is 1. The number of hydrogen-bond donors (Lipinski definition) is 3. The Balaban J connectivity index is 1.79. The molecule has 0 spiro atoms. The Morgan fingerprint density at radius 1 is 1.14 bits per heavy atom. The molecule has 158 valence electrons. The van der Waals surface area contributed by atoms with E-state index in [-0.39, 0.29) is 0 Å². The van der Waals surface area contributed by atoms with Gasteiger partial charge in [0.15, 0.2) is 5.96 Å². The van der Waals surface area contributed by atoms with Gasteiger partial charge < -0.3 is 20.7 Å². The van der Waals surface area contributed by atoms with Gasteiger partial charge >= 0.3 is 0 Å². The molecule has 0 amide bonds. The number of rotatable bonds is 11. The normalized spacial score (nSPS) is 18.1. The van der Waals surface area contributed by atoms with Crippen LogP contribution in [0.4, 0.5) is 5.69 Å². The molecule has 1 heterocycles. The molecule has 1 atom stereocenters. The van der Waals surface area contributed by atoms with Crippen LogP contribution in [-0.2, 0) is 11.3 Å². The Kier molecular flexibility index (Phi) is 10.8. The number of guanidine groups is 1. The van der Waals surface area contributed by atoms with E-state index in [0.29, 0.717) is 13.2 Å². The smallest absolute Gasteiger partial charge is 0.191 e. The summed E-state index contributed by atoms with van der Waals surface area (Å²) >= 11 is 0. The molecule has 0 aromatic heterocycles. The Labute approximate surface area is 171 Å². The topological polar surface area (TPSA) is 60.9 Å². The van der Waals surface area contributed by atoms with Crippen molar-refractivity contribution < 1.29 is 4.74 Å². The van der Waals surface area contributed by atoms with Crippen molar-refractivity contribution >= 4 is 11.6 Å². The maximum Gasteiger partial charge on any atom is 0.191 e. The summed E-state index contributed by atoms with van der Waals surface area (Å²) in [6, 6.07) is 9.21. The first kappa shape index (κ1) is 22.5. The van der Waals surface area contributed by atoms with Gasteiger partial charge in [-0.1, -0.05) is 25.5 Å². The number of ether oxygens (including phenoxy) is 1. The highest BCUT2D eigenvalue weighted by Gasteiger charge is 2.19. The number of piperidine rings is 1. The van der Waals surface area contributed by atoms with Gasteiger partial charge in [0.05, 0.1) is 13.2 Å². The predicted molar refractivity (Wildman–Crippen MR) is 119 cm³/mol. The van der Waals surface area contributed by atoms with Crippen molar-refractivity contribution in [1.82, 2.24) is 15.5 Å². The lowest BCUT2D eigenvalue weighted by Crippen LogP contribution is -2.45. The van der Waals surface area contributed by atoms with Gasteiger partial charge in [0.2, 0.25) is 0 Å². The minimum Gasteiger partial charge on any atom is -0.383 e. The van der Waals surface area contributed by atoms with Crippen LogP contribution in [-0.4, -0.2) is 63.3 Å². The summed E-state index contributed by atoms with van der Waals surface area (Å²) in [5, 5.41) is 10.2. The first-order chi connectivity index (χ1) is 13.8. The monoisotopic (exact) mass is 389 g/mol. The van der Waals surface area contributed by atoms with Crippen LogP contribution in [0.25, 0.3) is 0 Å². The minimum atomic E-state index is 0.676. The molecule has 2 rings (SSSR count). The van der Waals surface area contributed by atoms with Crippen LogP contribution >= 0.6 is 0 Å². The molecule has 1 saturated heterocycles. The van der Waals surface area contributed by atoms with Crippen molar-refractivity contribution in [3.05, 3.63) is 29.8 Å². The molecule has 1 aliphatic heterocycles. The molecular formula is C22H39N5O. The molecule has 6 heteroatoms. The number of benzene rings is 1. The summed E-state index contributed by atoms with van der Waals surface area (Å²) in [6.07, 6.45) is 5.32. The summed E-state index contributed by atoms with van der Waals surface area (Å²) in [5.74, 6) is 0.898. The third-order valence-corrected chi connectivity index (χ3v) is 5.26. The van der Waals surface area contributed by atoms with E-state index in [0.717, 1.165) is 43.9 Å². The van der Waals surface area contributed by atoms with E-state index in [1.54, 1.807) is 7.11 Å². The highest BCUT2D eigenvalue weighted by atomic mass is 16.5. The fourth-order valence-electron chi connectivity index (χ4n) is 3.67. The van der Waals surface area contributed by atoms with Crippen LogP contribution in [0, 0.1) is 0 Å². The lowest BCUT2D eigenvalue weighted by Gasteiger charge is -2.35. The highest BCUT2D eigenvalue weighted by molar-refractivity contribution is 5.79. The van der Waals surface area contributed by atoms with Gasteiger partial charge in [-0.05, 0) is 50.4 Å². The Bertz CT molecular complexity index is 561. The van der Waals surface area contributed by atoms with Gasteiger partial charge in [0.1, 0.15) is 0 Å². The number of nitrogens with one attached hydrogen (secondary N) is 3. The second kappa shape index (κ2) is 13.4. The third-order valence-electron chi connectivity index (χ3n) is 5.26. The van der Waals surface area contributed by atoms with Crippen LogP contribution in [0.1, 0.15) is 45.1 Å². The average molecular weight is 390 g/mol. The lowest BCUT2D eigenvalue weighted by atomic mass is 10.0. The van der Waals surface area contributed by atoms with Crippen LogP contribution in [0.2, 0.25) is 0 Å². The Morgan fingerprint density at radius 2 is 1.96 bits per heavy atom. The predicted octanol–water partition coefficient (Wildman–Crippen LogP) is 3.06. The van der Waals surface area contributed by atoms with E-state index in [1.807, 2.05) is 0 Å². The Morgan fingerprint density at radius 3 is 2.68 bits per heavy atom. The molecule has 3 N–H and O–H groups in total. The zero-order valence-corrected chi connectivity index (χ0v) is 18.0. The number of anilines is 1. The lowest BCUT2D eigenvalue weighted by molar-refractivity contribution is 0.147. The van der Waals surface area contributed by atoms with E-state index in [9.17, 15) is 0 Å². The molecule has 1 aromatic carbocycles. The van der Waals surface area contributed by atoms with E-state index in [4.69, 9.17) is 9.73 Å². The number of nitrogens with zero attached hydrogens (tertiary/aromatic N) is 2. The standard InChI is InChI=1S/C22H39N5O/c1-4-21-8-6-7-15-27(21)16-13-25-22(23-5-2)26-18-19-9-11-20(12-10-19)24-14-17-28-3/h9-12,21,24H,4-8,13-18H2,1-3H3,(H2,23,25,26). The van der Waals surface area contributed by atoms with Crippen molar-refractivity contribution in [2.24, 2.45) is 4.99 Å². The first-order valence-electron chi connectivity index (χ1n) is 10.8. The van der Waals surface area contributed by atoms with E-state index >= 15 is 0 Å². The molecular weight excluding hydrogens is 350 g/mol.